The third-order valence-electron chi connectivity index (χ3n) is 3.24. The molecule has 0 radical (unpaired) electrons. The van der Waals surface area contributed by atoms with Gasteiger partial charge in [-0.3, -0.25) is 4.79 Å². The van der Waals surface area contributed by atoms with E-state index in [1.807, 2.05) is 6.92 Å². The maximum Gasteiger partial charge on any atom is 0.228 e. The minimum atomic E-state index is -0.427. The minimum absolute atomic E-state index is 0.0172. The van der Waals surface area contributed by atoms with Crippen LogP contribution in [0.1, 0.15) is 26.2 Å². The molecule has 1 unspecified atom stereocenters. The van der Waals surface area contributed by atoms with Gasteiger partial charge in [-0.2, -0.15) is 5.26 Å². The SMILES string of the molecule is COCC1(C(=O)NC(C)CC#N)CCNCC1. The van der Waals surface area contributed by atoms with Crippen molar-refractivity contribution in [2.45, 2.75) is 32.2 Å². The summed E-state index contributed by atoms with van der Waals surface area (Å²) in [6.07, 6.45) is 1.91. The predicted octanol–water partition coefficient (Wildman–Crippen LogP) is 0.421. The molecule has 0 aromatic rings. The number of carbonyl (C=O) groups excluding carboxylic acids is 1. The van der Waals surface area contributed by atoms with E-state index in [1.165, 1.54) is 0 Å². The molecule has 1 atom stereocenters. The average molecular weight is 239 g/mol. The summed E-state index contributed by atoms with van der Waals surface area (Å²) in [5, 5.41) is 14.7. The second-order valence-corrected chi connectivity index (χ2v) is 4.70. The molecule has 1 fully saturated rings. The van der Waals surface area contributed by atoms with E-state index >= 15 is 0 Å². The van der Waals surface area contributed by atoms with E-state index in [0.717, 1.165) is 25.9 Å². The number of carbonyl (C=O) groups is 1. The van der Waals surface area contributed by atoms with E-state index in [9.17, 15) is 4.79 Å². The van der Waals surface area contributed by atoms with Crippen LogP contribution in [0, 0.1) is 16.7 Å². The third kappa shape index (κ3) is 3.69. The third-order valence-corrected chi connectivity index (χ3v) is 3.24. The van der Waals surface area contributed by atoms with Gasteiger partial charge in [-0.1, -0.05) is 0 Å². The van der Waals surface area contributed by atoms with Crippen LogP contribution in [0.3, 0.4) is 0 Å². The van der Waals surface area contributed by atoms with Crippen molar-refractivity contribution in [3.63, 3.8) is 0 Å². The number of nitrogens with one attached hydrogen (secondary N) is 2. The van der Waals surface area contributed by atoms with Gasteiger partial charge in [0.25, 0.3) is 0 Å². The fraction of sp³-hybridized carbons (Fsp3) is 0.833. The number of hydrogen-bond acceptors (Lipinski definition) is 4. The molecular formula is C12H21N3O2. The van der Waals surface area contributed by atoms with Gasteiger partial charge >= 0.3 is 0 Å². The number of piperidine rings is 1. The molecule has 1 aliphatic heterocycles. The molecule has 0 aromatic carbocycles. The average Bonchev–Trinajstić information content (AvgIpc) is 2.30. The highest BCUT2D eigenvalue weighted by molar-refractivity contribution is 5.83. The number of hydrogen-bond donors (Lipinski definition) is 2. The fourth-order valence-electron chi connectivity index (χ4n) is 2.18. The van der Waals surface area contributed by atoms with Crippen molar-refractivity contribution in [2.75, 3.05) is 26.8 Å². The maximum absolute atomic E-state index is 12.3. The quantitative estimate of drug-likeness (QED) is 0.729. The van der Waals surface area contributed by atoms with Crippen LogP contribution in [0.15, 0.2) is 0 Å². The lowest BCUT2D eigenvalue weighted by Crippen LogP contribution is -2.51. The van der Waals surface area contributed by atoms with Gasteiger partial charge in [-0.05, 0) is 32.9 Å². The van der Waals surface area contributed by atoms with Crippen molar-refractivity contribution in [1.82, 2.24) is 10.6 Å². The lowest BCUT2D eigenvalue weighted by Gasteiger charge is -2.36. The summed E-state index contributed by atoms with van der Waals surface area (Å²) >= 11 is 0. The number of nitrogens with zero attached hydrogens (tertiary/aromatic N) is 1. The van der Waals surface area contributed by atoms with Crippen LogP contribution in [0.2, 0.25) is 0 Å². The van der Waals surface area contributed by atoms with Crippen molar-refractivity contribution >= 4 is 5.91 Å². The second-order valence-electron chi connectivity index (χ2n) is 4.70. The van der Waals surface area contributed by atoms with Gasteiger partial charge < -0.3 is 15.4 Å². The number of amides is 1. The van der Waals surface area contributed by atoms with E-state index in [4.69, 9.17) is 10.00 Å². The van der Waals surface area contributed by atoms with Gasteiger partial charge in [0.15, 0.2) is 0 Å². The highest BCUT2D eigenvalue weighted by Crippen LogP contribution is 2.29. The van der Waals surface area contributed by atoms with E-state index in [0.29, 0.717) is 13.0 Å². The maximum atomic E-state index is 12.3. The topological polar surface area (TPSA) is 74.1 Å². The van der Waals surface area contributed by atoms with Gasteiger partial charge in [-0.15, -0.1) is 0 Å². The molecule has 1 saturated heterocycles. The van der Waals surface area contributed by atoms with Crippen LogP contribution in [-0.4, -0.2) is 38.8 Å². The molecule has 0 aliphatic carbocycles. The van der Waals surface area contributed by atoms with Crippen molar-refractivity contribution in [3.05, 3.63) is 0 Å². The molecule has 5 heteroatoms. The van der Waals surface area contributed by atoms with E-state index in [-0.39, 0.29) is 11.9 Å². The second kappa shape index (κ2) is 6.58. The zero-order valence-corrected chi connectivity index (χ0v) is 10.6. The van der Waals surface area contributed by atoms with E-state index in [2.05, 4.69) is 16.7 Å². The largest absolute Gasteiger partial charge is 0.384 e. The van der Waals surface area contributed by atoms with E-state index < -0.39 is 5.41 Å². The Bertz CT molecular complexity index is 287. The molecule has 96 valence electrons. The van der Waals surface area contributed by atoms with Crippen LogP contribution in [0.25, 0.3) is 0 Å². The molecular weight excluding hydrogens is 218 g/mol. The highest BCUT2D eigenvalue weighted by Gasteiger charge is 2.39. The van der Waals surface area contributed by atoms with Crippen molar-refractivity contribution in [1.29, 1.82) is 5.26 Å². The standard InChI is InChI=1S/C12H21N3O2/c1-10(3-6-13)15-11(16)12(9-17-2)4-7-14-8-5-12/h10,14H,3-5,7-9H2,1-2H3,(H,15,16). The van der Waals surface area contributed by atoms with Crippen molar-refractivity contribution < 1.29 is 9.53 Å². The van der Waals surface area contributed by atoms with Crippen LogP contribution in [-0.2, 0) is 9.53 Å². The Morgan fingerprint density at radius 1 is 1.59 bits per heavy atom. The monoisotopic (exact) mass is 239 g/mol. The normalized spacial score (nSPS) is 20.3. The smallest absolute Gasteiger partial charge is 0.228 e. The predicted molar refractivity (Wildman–Crippen MR) is 64.2 cm³/mol. The molecule has 2 N–H and O–H groups in total. The highest BCUT2D eigenvalue weighted by atomic mass is 16.5. The first-order chi connectivity index (χ1) is 8.14. The van der Waals surface area contributed by atoms with Crippen LogP contribution >= 0.6 is 0 Å². The summed E-state index contributed by atoms with van der Waals surface area (Å²) in [5.74, 6) is 0.0172. The Kier molecular flexibility index (Phi) is 5.39. The summed E-state index contributed by atoms with van der Waals surface area (Å²) in [4.78, 5) is 12.3. The molecule has 17 heavy (non-hydrogen) atoms. The van der Waals surface area contributed by atoms with Gasteiger partial charge in [0.1, 0.15) is 0 Å². The lowest BCUT2D eigenvalue weighted by molar-refractivity contribution is -0.136. The Hall–Kier alpha value is -1.12. The summed E-state index contributed by atoms with van der Waals surface area (Å²) in [6, 6.07) is 1.96. The fourth-order valence-corrected chi connectivity index (χ4v) is 2.18. The molecule has 0 bridgehead atoms. The molecule has 0 saturated carbocycles. The lowest BCUT2D eigenvalue weighted by atomic mass is 9.78. The number of rotatable bonds is 5. The zero-order valence-electron chi connectivity index (χ0n) is 10.6. The molecule has 1 aliphatic rings. The summed E-state index contributed by atoms with van der Waals surface area (Å²) in [6.45, 7) is 3.97. The van der Waals surface area contributed by atoms with Gasteiger partial charge in [0.2, 0.25) is 5.91 Å². The molecule has 5 nitrogen and oxygen atoms in total. The van der Waals surface area contributed by atoms with Crippen LogP contribution in [0.5, 0.6) is 0 Å². The van der Waals surface area contributed by atoms with Gasteiger partial charge in [-0.25, -0.2) is 0 Å². The molecule has 1 amide bonds. The number of ether oxygens (including phenoxy) is 1. The Morgan fingerprint density at radius 3 is 2.76 bits per heavy atom. The minimum Gasteiger partial charge on any atom is -0.384 e. The molecule has 1 rings (SSSR count). The summed E-state index contributed by atoms with van der Waals surface area (Å²) in [5.41, 5.74) is -0.427. The van der Waals surface area contributed by atoms with Gasteiger partial charge in [0.05, 0.1) is 24.5 Å². The summed E-state index contributed by atoms with van der Waals surface area (Å²) in [7, 11) is 1.62. The van der Waals surface area contributed by atoms with Crippen LogP contribution < -0.4 is 10.6 Å². The molecule has 0 aromatic heterocycles. The Balaban J connectivity index is 2.63. The van der Waals surface area contributed by atoms with Crippen molar-refractivity contribution in [2.24, 2.45) is 5.41 Å². The number of methoxy groups -OCH3 is 1. The van der Waals surface area contributed by atoms with Crippen molar-refractivity contribution in [3.8, 4) is 6.07 Å². The molecule has 1 heterocycles. The van der Waals surface area contributed by atoms with E-state index in [1.54, 1.807) is 7.11 Å². The van der Waals surface area contributed by atoms with Gasteiger partial charge in [0, 0.05) is 13.2 Å². The zero-order chi connectivity index (χ0) is 12.7. The Labute approximate surface area is 103 Å². The first-order valence-corrected chi connectivity index (χ1v) is 6.02. The first kappa shape index (κ1) is 13.9. The molecule has 0 spiro atoms. The number of nitriles is 1. The summed E-state index contributed by atoms with van der Waals surface area (Å²) < 4.78 is 5.19. The first-order valence-electron chi connectivity index (χ1n) is 6.02. The Morgan fingerprint density at radius 2 is 2.24 bits per heavy atom. The van der Waals surface area contributed by atoms with Crippen LogP contribution in [0.4, 0.5) is 0 Å².